The van der Waals surface area contributed by atoms with Gasteiger partial charge in [0, 0.05) is 25.8 Å². The highest BCUT2D eigenvalue weighted by atomic mass is 32.2. The first kappa shape index (κ1) is 19.1. The molecule has 1 unspecified atom stereocenters. The fraction of sp³-hybridized carbons (Fsp3) is 0.333. The van der Waals surface area contributed by atoms with Crippen LogP contribution in [0.25, 0.3) is 0 Å². The molecule has 0 aliphatic rings. The fourth-order valence-electron chi connectivity index (χ4n) is 1.86. The first-order valence-corrected chi connectivity index (χ1v) is 9.25. The normalized spacial score (nSPS) is 12.7. The van der Waals surface area contributed by atoms with Crippen LogP contribution in [0.15, 0.2) is 29.2 Å². The van der Waals surface area contributed by atoms with Gasteiger partial charge in [-0.05, 0) is 11.0 Å². The lowest BCUT2D eigenvalue weighted by Crippen LogP contribution is -2.38. The monoisotopic (exact) mass is 364 g/mol. The molecule has 9 nitrogen and oxygen atoms in total. The van der Waals surface area contributed by atoms with Crippen molar-refractivity contribution < 1.29 is 31.3 Å². The molecule has 23 heavy (non-hydrogen) atoms. The van der Waals surface area contributed by atoms with Crippen molar-refractivity contribution in [1.29, 1.82) is 0 Å². The number of nitrogens with zero attached hydrogens (tertiary/aromatic N) is 1. The number of nitrogens with one attached hydrogen (secondary N) is 1. The van der Waals surface area contributed by atoms with E-state index in [9.17, 15) is 26.4 Å². The van der Waals surface area contributed by atoms with Gasteiger partial charge in [0.25, 0.3) is 0 Å². The van der Waals surface area contributed by atoms with Gasteiger partial charge in [-0.1, -0.05) is 18.2 Å². The van der Waals surface area contributed by atoms with Crippen LogP contribution in [0.4, 0.5) is 0 Å². The third kappa shape index (κ3) is 5.01. The molecule has 0 aliphatic carbocycles. The van der Waals surface area contributed by atoms with Crippen molar-refractivity contribution >= 4 is 32.6 Å². The Kier molecular flexibility index (Phi) is 6.24. The number of benzene rings is 1. The number of thiol groups is 1. The predicted octanol–water partition coefficient (Wildman–Crippen LogP) is -0.816. The Morgan fingerprint density at radius 2 is 1.83 bits per heavy atom. The summed E-state index contributed by atoms with van der Waals surface area (Å²) in [7, 11) is -5.63. The third-order valence-corrected chi connectivity index (χ3v) is 4.35. The number of rotatable bonds is 6. The van der Waals surface area contributed by atoms with E-state index >= 15 is 0 Å². The molecule has 1 amide bonds. The number of sulfone groups is 1. The topological polar surface area (TPSA) is 127 Å². The summed E-state index contributed by atoms with van der Waals surface area (Å²) >= 11 is 0. The molecule has 1 aromatic rings. The van der Waals surface area contributed by atoms with Crippen molar-refractivity contribution in [2.45, 2.75) is 17.9 Å². The predicted molar refractivity (Wildman–Crippen MR) is 80.3 cm³/mol. The van der Waals surface area contributed by atoms with Crippen LogP contribution in [0.2, 0.25) is 0 Å². The highest BCUT2D eigenvalue weighted by Crippen LogP contribution is 2.27. The zero-order valence-electron chi connectivity index (χ0n) is 12.5. The van der Waals surface area contributed by atoms with E-state index in [1.807, 2.05) is 0 Å². The lowest BCUT2D eigenvalue weighted by Gasteiger charge is -2.26. The smallest absolute Gasteiger partial charge is 0.353 e. The average Bonchev–Trinajstić information content (AvgIpc) is 2.44. The molecule has 0 bridgehead atoms. The molecule has 0 radical (unpaired) electrons. The fourth-order valence-corrected chi connectivity index (χ4v) is 2.96. The number of likely N-dealkylation sites (N-methyl/N-ethyl adjacent to an activating group) is 1. The van der Waals surface area contributed by atoms with Gasteiger partial charge in [0.15, 0.2) is 15.9 Å². The highest BCUT2D eigenvalue weighted by molar-refractivity contribution is 7.90. The summed E-state index contributed by atoms with van der Waals surface area (Å²) < 4.78 is 44.7. The van der Waals surface area contributed by atoms with Gasteiger partial charge in [-0.15, -0.1) is 0 Å². The number of hydrogen-bond donors (Lipinski definition) is 2. The molecular formula is C12H16N2O7S2. The molecule has 0 saturated carbocycles. The third-order valence-electron chi connectivity index (χ3n) is 2.94. The first-order chi connectivity index (χ1) is 10.6. The Morgan fingerprint density at radius 1 is 1.26 bits per heavy atom. The van der Waals surface area contributed by atoms with Gasteiger partial charge in [-0.25, -0.2) is 21.6 Å². The molecule has 0 aromatic heterocycles. The van der Waals surface area contributed by atoms with Gasteiger partial charge in [-0.2, -0.15) is 0 Å². The minimum Gasteiger partial charge on any atom is -0.353 e. The van der Waals surface area contributed by atoms with E-state index in [1.54, 1.807) is 0 Å². The van der Waals surface area contributed by atoms with Crippen LogP contribution >= 0.6 is 0 Å². The molecule has 1 rings (SSSR count). The molecule has 0 aliphatic heterocycles. The summed E-state index contributed by atoms with van der Waals surface area (Å²) in [4.78, 5) is 30.4. The summed E-state index contributed by atoms with van der Waals surface area (Å²) in [5.41, 5.74) is 0.000579. The molecule has 0 spiro atoms. The number of hydrogen-bond acceptors (Lipinski definition) is 7. The number of amides is 1. The minimum atomic E-state index is -3.69. The molecule has 11 heteroatoms. The van der Waals surface area contributed by atoms with Crippen molar-refractivity contribution in [3.63, 3.8) is 0 Å². The Labute approximate surface area is 135 Å². The van der Waals surface area contributed by atoms with Crippen molar-refractivity contribution in [2.75, 3.05) is 13.3 Å². The molecule has 1 aromatic carbocycles. The first-order valence-electron chi connectivity index (χ1n) is 6.18. The summed E-state index contributed by atoms with van der Waals surface area (Å²) in [6.45, 7) is 1.17. The van der Waals surface area contributed by atoms with E-state index in [1.165, 1.54) is 43.1 Å². The molecule has 0 heterocycles. The Morgan fingerprint density at radius 3 is 2.30 bits per heavy atom. The van der Waals surface area contributed by atoms with E-state index in [0.29, 0.717) is 0 Å². The second kappa shape index (κ2) is 7.53. The van der Waals surface area contributed by atoms with E-state index in [-0.39, 0.29) is 10.5 Å². The summed E-state index contributed by atoms with van der Waals surface area (Å²) in [6, 6.07) is 4.14. The quantitative estimate of drug-likeness (QED) is 0.499. The summed E-state index contributed by atoms with van der Waals surface area (Å²) in [5.74, 6) is -1.68. The summed E-state index contributed by atoms with van der Waals surface area (Å²) in [5, 5.41) is 0. The summed E-state index contributed by atoms with van der Waals surface area (Å²) in [6.07, 6.45) is 0.953. The van der Waals surface area contributed by atoms with Gasteiger partial charge in [0.1, 0.15) is 0 Å². The van der Waals surface area contributed by atoms with E-state index in [4.69, 9.17) is 0 Å². The largest absolute Gasteiger partial charge is 0.353 e. The van der Waals surface area contributed by atoms with Gasteiger partial charge in [0.05, 0.1) is 4.90 Å². The maximum absolute atomic E-state index is 12.1. The molecule has 0 saturated heterocycles. The zero-order chi connectivity index (χ0) is 17.8. The number of carbonyl (C=O) groups excluding carboxylic acids is 2. The lowest BCUT2D eigenvalue weighted by atomic mass is 10.1. The van der Waals surface area contributed by atoms with E-state index in [0.717, 1.165) is 11.2 Å². The molecule has 0 fully saturated rings. The van der Waals surface area contributed by atoms with Crippen molar-refractivity contribution in [1.82, 2.24) is 9.79 Å². The van der Waals surface area contributed by atoms with E-state index in [2.05, 4.69) is 4.84 Å². The van der Waals surface area contributed by atoms with Crippen LogP contribution in [-0.4, -0.2) is 46.9 Å². The lowest BCUT2D eigenvalue weighted by molar-refractivity contribution is -0.157. The van der Waals surface area contributed by atoms with E-state index < -0.39 is 38.6 Å². The second-order valence-corrected chi connectivity index (χ2v) is 7.29. The average molecular weight is 364 g/mol. The Bertz CT molecular complexity index is 778. The van der Waals surface area contributed by atoms with Gasteiger partial charge < -0.3 is 9.74 Å². The van der Waals surface area contributed by atoms with Crippen LogP contribution in [-0.2, 0) is 35.2 Å². The van der Waals surface area contributed by atoms with Gasteiger partial charge in [0.2, 0.25) is 16.8 Å². The minimum absolute atomic E-state index is 0.000579. The molecule has 128 valence electrons. The standard InChI is InChI=1S/C12H16N2O7S2/c1-8(15)14(2)11(12(16)21-13-22(17)18)9-6-4-5-7-10(9)23(3,19)20/h4-7,11,22H,1-3H3,(H,13,17,18). The van der Waals surface area contributed by atoms with Crippen molar-refractivity contribution in [2.24, 2.45) is 0 Å². The number of carbonyl (C=O) groups is 2. The van der Waals surface area contributed by atoms with Crippen LogP contribution in [0.5, 0.6) is 0 Å². The van der Waals surface area contributed by atoms with Crippen LogP contribution in [0.1, 0.15) is 18.5 Å². The molecular weight excluding hydrogens is 348 g/mol. The maximum atomic E-state index is 12.1. The highest BCUT2D eigenvalue weighted by Gasteiger charge is 2.32. The van der Waals surface area contributed by atoms with Crippen LogP contribution < -0.4 is 4.89 Å². The zero-order valence-corrected chi connectivity index (χ0v) is 14.3. The SMILES string of the molecule is CC(=O)N(C)C(C(=O)ON[SH](=O)=O)c1ccccc1S(C)(=O)=O. The van der Waals surface area contributed by atoms with Gasteiger partial charge >= 0.3 is 5.97 Å². The van der Waals surface area contributed by atoms with Crippen LogP contribution in [0.3, 0.4) is 0 Å². The van der Waals surface area contributed by atoms with Crippen molar-refractivity contribution in [3.05, 3.63) is 29.8 Å². The Balaban J connectivity index is 3.42. The maximum Gasteiger partial charge on any atom is 0.353 e. The van der Waals surface area contributed by atoms with Gasteiger partial charge in [-0.3, -0.25) is 4.79 Å². The molecule has 1 atom stereocenters. The Hall–Kier alpha value is -1.98. The second-order valence-electron chi connectivity index (χ2n) is 4.61. The van der Waals surface area contributed by atoms with Crippen LogP contribution in [0, 0.1) is 0 Å². The molecule has 1 N–H and O–H groups in total. The van der Waals surface area contributed by atoms with Crippen molar-refractivity contribution in [3.8, 4) is 0 Å².